The Balaban J connectivity index is 1.83. The normalized spacial score (nSPS) is 17.3. The fourth-order valence-electron chi connectivity index (χ4n) is 5.26. The van der Waals surface area contributed by atoms with Crippen molar-refractivity contribution in [3.8, 4) is 11.1 Å². The van der Waals surface area contributed by atoms with E-state index in [0.29, 0.717) is 18.2 Å². The van der Waals surface area contributed by atoms with Crippen LogP contribution < -0.4 is 10.7 Å². The number of fused-ring (bicyclic) bond motifs is 4. The summed E-state index contributed by atoms with van der Waals surface area (Å²) in [7, 11) is 0. The van der Waals surface area contributed by atoms with Crippen LogP contribution in [0.4, 0.5) is 5.69 Å². The van der Waals surface area contributed by atoms with Crippen molar-refractivity contribution in [2.24, 2.45) is 9.98 Å². The fourth-order valence-corrected chi connectivity index (χ4v) is 5.26. The third kappa shape index (κ3) is 2.69. The predicted octanol–water partition coefficient (Wildman–Crippen LogP) is 4.90. The molecule has 2 aromatic rings. The van der Waals surface area contributed by atoms with Gasteiger partial charge in [-0.25, -0.2) is 14.8 Å². The van der Waals surface area contributed by atoms with Crippen molar-refractivity contribution in [1.29, 1.82) is 0 Å². The highest BCUT2D eigenvalue weighted by atomic mass is 16.5. The first-order valence-corrected chi connectivity index (χ1v) is 10.7. The second kappa shape index (κ2) is 6.94. The number of ether oxygens (including phenoxy) is 1. The molecule has 2 heterocycles. The van der Waals surface area contributed by atoms with Crippen LogP contribution in [0.2, 0.25) is 0 Å². The minimum atomic E-state index is -0.326. The van der Waals surface area contributed by atoms with Crippen molar-refractivity contribution in [3.05, 3.63) is 57.4 Å². The van der Waals surface area contributed by atoms with Crippen LogP contribution in [0, 0.1) is 6.92 Å². The summed E-state index contributed by atoms with van der Waals surface area (Å²) in [6, 6.07) is 8.39. The second-order valence-corrected chi connectivity index (χ2v) is 8.26. The lowest BCUT2D eigenvalue weighted by Crippen LogP contribution is -2.27. The van der Waals surface area contributed by atoms with Crippen molar-refractivity contribution >= 4 is 17.2 Å². The summed E-state index contributed by atoms with van der Waals surface area (Å²) in [5.74, 6) is 0.138. The lowest BCUT2D eigenvalue weighted by molar-refractivity contribution is -0.138. The van der Waals surface area contributed by atoms with Gasteiger partial charge in [0.1, 0.15) is 0 Å². The van der Waals surface area contributed by atoms with Crippen molar-refractivity contribution in [1.82, 2.24) is 0 Å². The molecule has 2 aromatic carbocycles. The first-order valence-electron chi connectivity index (χ1n) is 10.7. The number of para-hydroxylation sites is 1. The minimum absolute atomic E-state index is 0.326. The first kappa shape index (κ1) is 18.3. The Kier molecular flexibility index (Phi) is 4.38. The molecule has 29 heavy (non-hydrogen) atoms. The zero-order valence-electron chi connectivity index (χ0n) is 17.3. The number of nitrogens with zero attached hydrogens (tertiary/aromatic N) is 2. The maximum Gasteiger partial charge on any atom is 0.357 e. The van der Waals surface area contributed by atoms with E-state index >= 15 is 0 Å². The number of benzene rings is 2. The predicted molar refractivity (Wildman–Crippen MR) is 114 cm³/mol. The molecule has 1 saturated carbocycles. The highest BCUT2D eigenvalue weighted by Gasteiger charge is 2.32. The van der Waals surface area contributed by atoms with Gasteiger partial charge in [0.15, 0.2) is 5.70 Å². The van der Waals surface area contributed by atoms with E-state index in [-0.39, 0.29) is 5.97 Å². The van der Waals surface area contributed by atoms with Gasteiger partial charge in [0.2, 0.25) is 0 Å². The fraction of sp³-hybridized carbons (Fsp3) is 0.400. The number of hydrogen-bond donors (Lipinski definition) is 0. The monoisotopic (exact) mass is 386 g/mol. The highest BCUT2D eigenvalue weighted by Crippen LogP contribution is 2.42. The third-order valence-electron chi connectivity index (χ3n) is 6.57. The Labute approximate surface area is 171 Å². The lowest BCUT2D eigenvalue weighted by Gasteiger charge is -2.25. The average molecular weight is 386 g/mol. The summed E-state index contributed by atoms with van der Waals surface area (Å²) >= 11 is 0. The number of esters is 1. The van der Waals surface area contributed by atoms with Gasteiger partial charge in [-0.3, -0.25) is 0 Å². The highest BCUT2D eigenvalue weighted by molar-refractivity contribution is 5.99. The van der Waals surface area contributed by atoms with Gasteiger partial charge in [-0.05, 0) is 62.3 Å². The van der Waals surface area contributed by atoms with E-state index in [2.05, 4.69) is 25.1 Å². The van der Waals surface area contributed by atoms with E-state index in [9.17, 15) is 4.79 Å². The summed E-state index contributed by atoms with van der Waals surface area (Å²) in [4.78, 5) is 22.5. The molecule has 1 fully saturated rings. The average Bonchev–Trinajstić information content (AvgIpc) is 3.28. The summed E-state index contributed by atoms with van der Waals surface area (Å²) in [6.45, 7) is 6.30. The molecule has 5 rings (SSSR count). The molecular formula is C25H26N2O2. The summed E-state index contributed by atoms with van der Waals surface area (Å²) in [5, 5.41) is 2.05. The van der Waals surface area contributed by atoms with Crippen molar-refractivity contribution in [2.75, 3.05) is 6.61 Å². The van der Waals surface area contributed by atoms with Crippen LogP contribution >= 0.6 is 0 Å². The largest absolute Gasteiger partial charge is 0.461 e. The molecule has 0 radical (unpaired) electrons. The van der Waals surface area contributed by atoms with Gasteiger partial charge in [0, 0.05) is 16.7 Å². The maximum atomic E-state index is 12.6. The van der Waals surface area contributed by atoms with Crippen molar-refractivity contribution in [2.45, 2.75) is 58.8 Å². The number of rotatable bonds is 3. The lowest BCUT2D eigenvalue weighted by atomic mass is 9.78. The topological polar surface area (TPSA) is 51.0 Å². The summed E-state index contributed by atoms with van der Waals surface area (Å²) < 4.78 is 5.30. The summed E-state index contributed by atoms with van der Waals surface area (Å²) in [5.41, 5.74) is 8.36. The zero-order valence-corrected chi connectivity index (χ0v) is 17.3. The van der Waals surface area contributed by atoms with Crippen molar-refractivity contribution in [3.63, 3.8) is 0 Å². The van der Waals surface area contributed by atoms with Crippen LogP contribution in [0.25, 0.3) is 16.7 Å². The van der Waals surface area contributed by atoms with Crippen LogP contribution in [-0.2, 0) is 9.53 Å². The Morgan fingerprint density at radius 3 is 2.55 bits per heavy atom. The summed E-state index contributed by atoms with van der Waals surface area (Å²) in [6.07, 6.45) is 6.15. The van der Waals surface area contributed by atoms with Gasteiger partial charge in [-0.2, -0.15) is 0 Å². The van der Waals surface area contributed by atoms with E-state index in [1.807, 2.05) is 19.9 Å². The molecular weight excluding hydrogens is 360 g/mol. The van der Waals surface area contributed by atoms with E-state index in [1.165, 1.54) is 48.8 Å². The standard InChI is InChI=1S/C25H26N2O2/c1-4-29-25(28)23-15(3)19-14(2)22-21(17-12-8-9-13-18(17)26-22)20(24(19)27-23)16-10-6-5-7-11-16/h8-9,12-13,16H,4-7,10-11H2,1-3H3. The van der Waals surface area contributed by atoms with Crippen LogP contribution in [-0.4, -0.2) is 12.6 Å². The zero-order chi connectivity index (χ0) is 20.1. The van der Waals surface area contributed by atoms with E-state index in [4.69, 9.17) is 14.7 Å². The Morgan fingerprint density at radius 1 is 1.03 bits per heavy atom. The Hall–Kier alpha value is -2.75. The Bertz CT molecular complexity index is 1180. The molecule has 3 aliphatic rings. The van der Waals surface area contributed by atoms with Crippen LogP contribution in [0.15, 0.2) is 39.9 Å². The van der Waals surface area contributed by atoms with Gasteiger partial charge < -0.3 is 4.74 Å². The van der Waals surface area contributed by atoms with E-state index < -0.39 is 0 Å². The third-order valence-corrected chi connectivity index (χ3v) is 6.57. The molecule has 2 aliphatic heterocycles. The van der Waals surface area contributed by atoms with Crippen LogP contribution in [0.5, 0.6) is 0 Å². The van der Waals surface area contributed by atoms with Gasteiger partial charge in [0.25, 0.3) is 0 Å². The number of carbonyl (C=O) groups excluding carboxylic acids is 1. The Morgan fingerprint density at radius 2 is 1.79 bits per heavy atom. The minimum Gasteiger partial charge on any atom is -0.461 e. The van der Waals surface area contributed by atoms with E-state index in [0.717, 1.165) is 33.1 Å². The van der Waals surface area contributed by atoms with Crippen LogP contribution in [0.1, 0.15) is 68.6 Å². The molecule has 4 heteroatoms. The van der Waals surface area contributed by atoms with Crippen molar-refractivity contribution < 1.29 is 9.53 Å². The maximum absolute atomic E-state index is 12.6. The molecule has 0 atom stereocenters. The SMILES string of the molecule is CCOC(=O)C1=C(C)c2c(C)c3c(c(C4CCCCC4)c2=N1)-c1ccccc1N=3. The molecule has 0 bridgehead atoms. The number of allylic oxidation sites excluding steroid dienone is 1. The van der Waals surface area contributed by atoms with Gasteiger partial charge in [-0.15, -0.1) is 0 Å². The molecule has 1 aliphatic carbocycles. The van der Waals surface area contributed by atoms with E-state index in [1.54, 1.807) is 0 Å². The molecule has 0 N–H and O–H groups in total. The molecule has 0 spiro atoms. The second-order valence-electron chi connectivity index (χ2n) is 8.26. The molecule has 0 saturated heterocycles. The van der Waals surface area contributed by atoms with Crippen LogP contribution in [0.3, 0.4) is 0 Å². The molecule has 4 nitrogen and oxygen atoms in total. The van der Waals surface area contributed by atoms with Gasteiger partial charge in [-0.1, -0.05) is 37.5 Å². The molecule has 0 aromatic heterocycles. The number of hydrogen-bond acceptors (Lipinski definition) is 4. The molecule has 0 unspecified atom stereocenters. The molecule has 0 amide bonds. The van der Waals surface area contributed by atoms with Gasteiger partial charge >= 0.3 is 5.97 Å². The first-order chi connectivity index (χ1) is 14.1. The van der Waals surface area contributed by atoms with Gasteiger partial charge in [0.05, 0.1) is 23.0 Å². The quantitative estimate of drug-likeness (QED) is 0.601. The smallest absolute Gasteiger partial charge is 0.357 e. The number of carbonyl (C=O) groups is 1. The molecule has 148 valence electrons.